The summed E-state index contributed by atoms with van der Waals surface area (Å²) in [7, 11) is 0. The Hall–Kier alpha value is -1.36. The molecule has 1 N–H and O–H groups in total. The number of rotatable bonds is 5. The third kappa shape index (κ3) is 4.63. The molecule has 0 saturated heterocycles. The average Bonchev–Trinajstić information content (AvgIpc) is 2.35. The molecule has 110 valence electrons. The first-order chi connectivity index (χ1) is 9.32. The van der Waals surface area contributed by atoms with Crippen molar-refractivity contribution in [3.05, 3.63) is 28.2 Å². The molecule has 1 aromatic carbocycles. The Morgan fingerprint density at radius 2 is 2.00 bits per heavy atom. The summed E-state index contributed by atoms with van der Waals surface area (Å²) < 4.78 is 0.878. The van der Waals surface area contributed by atoms with Crippen molar-refractivity contribution in [2.75, 3.05) is 18.0 Å². The van der Waals surface area contributed by atoms with E-state index in [9.17, 15) is 9.59 Å². The maximum Gasteiger partial charge on any atom is 0.223 e. The van der Waals surface area contributed by atoms with Gasteiger partial charge in [0, 0.05) is 30.4 Å². The standard InChI is InChI=1S/C15H21BrN2O2/c1-10(2)15(20)17-7-8-18(12(4)19)14-6-5-11(3)9-13(14)16/h5-6,9-10H,7-8H2,1-4H3,(H,17,20). The molecular formula is C15H21BrN2O2. The van der Waals surface area contributed by atoms with Gasteiger partial charge in [-0.1, -0.05) is 19.9 Å². The van der Waals surface area contributed by atoms with Crippen molar-refractivity contribution in [3.63, 3.8) is 0 Å². The lowest BCUT2D eigenvalue weighted by molar-refractivity contribution is -0.124. The van der Waals surface area contributed by atoms with E-state index >= 15 is 0 Å². The Morgan fingerprint density at radius 1 is 1.35 bits per heavy atom. The summed E-state index contributed by atoms with van der Waals surface area (Å²) in [4.78, 5) is 25.0. The highest BCUT2D eigenvalue weighted by Gasteiger charge is 2.15. The Labute approximate surface area is 128 Å². The third-order valence-corrected chi connectivity index (χ3v) is 3.57. The van der Waals surface area contributed by atoms with Crippen LogP contribution in [0.2, 0.25) is 0 Å². The number of nitrogens with zero attached hydrogens (tertiary/aromatic N) is 1. The molecule has 5 heteroatoms. The van der Waals surface area contributed by atoms with Gasteiger partial charge in [-0.15, -0.1) is 0 Å². The fourth-order valence-electron chi connectivity index (χ4n) is 1.77. The quantitative estimate of drug-likeness (QED) is 0.895. The Balaban J connectivity index is 2.75. The minimum absolute atomic E-state index is 0.00326. The second-order valence-electron chi connectivity index (χ2n) is 5.07. The van der Waals surface area contributed by atoms with E-state index in [0.717, 1.165) is 15.7 Å². The summed E-state index contributed by atoms with van der Waals surface area (Å²) in [5.41, 5.74) is 1.94. The number of carbonyl (C=O) groups excluding carboxylic acids is 2. The van der Waals surface area contributed by atoms with Gasteiger partial charge in [-0.25, -0.2) is 0 Å². The molecule has 2 amide bonds. The highest BCUT2D eigenvalue weighted by Crippen LogP contribution is 2.27. The van der Waals surface area contributed by atoms with Crippen LogP contribution in [0.4, 0.5) is 5.69 Å². The lowest BCUT2D eigenvalue weighted by atomic mass is 10.2. The van der Waals surface area contributed by atoms with Crippen LogP contribution < -0.4 is 10.2 Å². The largest absolute Gasteiger partial charge is 0.354 e. The van der Waals surface area contributed by atoms with Gasteiger partial charge < -0.3 is 10.2 Å². The molecule has 0 bridgehead atoms. The first kappa shape index (κ1) is 16.7. The monoisotopic (exact) mass is 340 g/mol. The number of nitrogens with one attached hydrogen (secondary N) is 1. The van der Waals surface area contributed by atoms with Gasteiger partial charge in [-0.05, 0) is 40.5 Å². The van der Waals surface area contributed by atoms with Crippen molar-refractivity contribution in [2.45, 2.75) is 27.7 Å². The average molecular weight is 341 g/mol. The minimum Gasteiger partial charge on any atom is -0.354 e. The second kappa shape index (κ2) is 7.43. The molecule has 0 fully saturated rings. The van der Waals surface area contributed by atoms with E-state index in [1.54, 1.807) is 4.90 Å². The molecule has 0 aliphatic carbocycles. The smallest absolute Gasteiger partial charge is 0.223 e. The predicted octanol–water partition coefficient (Wildman–Crippen LogP) is 2.88. The number of aryl methyl sites for hydroxylation is 1. The summed E-state index contributed by atoms with van der Waals surface area (Å²) in [6, 6.07) is 5.84. The molecule has 4 nitrogen and oxygen atoms in total. The molecule has 0 radical (unpaired) electrons. The van der Waals surface area contributed by atoms with Crippen LogP contribution in [-0.4, -0.2) is 24.9 Å². The number of amides is 2. The van der Waals surface area contributed by atoms with Crippen molar-refractivity contribution in [1.82, 2.24) is 5.32 Å². The van der Waals surface area contributed by atoms with E-state index < -0.39 is 0 Å². The molecule has 0 spiro atoms. The number of hydrogen-bond acceptors (Lipinski definition) is 2. The van der Waals surface area contributed by atoms with Crippen molar-refractivity contribution in [2.24, 2.45) is 5.92 Å². The van der Waals surface area contributed by atoms with E-state index in [4.69, 9.17) is 0 Å². The summed E-state index contributed by atoms with van der Waals surface area (Å²) >= 11 is 3.48. The third-order valence-electron chi connectivity index (χ3n) is 2.93. The van der Waals surface area contributed by atoms with Crippen molar-refractivity contribution in [3.8, 4) is 0 Å². The predicted molar refractivity (Wildman–Crippen MR) is 84.8 cm³/mol. The van der Waals surface area contributed by atoms with Crippen LogP contribution in [0.1, 0.15) is 26.3 Å². The number of anilines is 1. The van der Waals surface area contributed by atoms with Gasteiger partial charge in [0.05, 0.1) is 5.69 Å². The zero-order valence-corrected chi connectivity index (χ0v) is 14.0. The van der Waals surface area contributed by atoms with Gasteiger partial charge >= 0.3 is 0 Å². The maximum atomic E-state index is 11.8. The molecule has 0 atom stereocenters. The van der Waals surface area contributed by atoms with E-state index in [1.807, 2.05) is 39.0 Å². The summed E-state index contributed by atoms with van der Waals surface area (Å²) in [6.07, 6.45) is 0. The van der Waals surface area contributed by atoms with Gasteiger partial charge in [0.25, 0.3) is 0 Å². The fraction of sp³-hybridized carbons (Fsp3) is 0.467. The molecule has 0 unspecified atom stereocenters. The molecule has 20 heavy (non-hydrogen) atoms. The van der Waals surface area contributed by atoms with E-state index in [-0.39, 0.29) is 17.7 Å². The van der Waals surface area contributed by atoms with Gasteiger partial charge in [0.1, 0.15) is 0 Å². The Bertz CT molecular complexity index is 501. The van der Waals surface area contributed by atoms with Gasteiger partial charge in [-0.2, -0.15) is 0 Å². The van der Waals surface area contributed by atoms with Crippen LogP contribution >= 0.6 is 15.9 Å². The maximum absolute atomic E-state index is 11.8. The van der Waals surface area contributed by atoms with Gasteiger partial charge in [0.15, 0.2) is 0 Å². The van der Waals surface area contributed by atoms with Crippen LogP contribution in [0.25, 0.3) is 0 Å². The van der Waals surface area contributed by atoms with Crippen LogP contribution in [0.15, 0.2) is 22.7 Å². The number of halogens is 1. The molecule has 0 saturated carbocycles. The molecular weight excluding hydrogens is 320 g/mol. The molecule has 0 aliphatic heterocycles. The van der Waals surface area contributed by atoms with Crippen LogP contribution in [0.3, 0.4) is 0 Å². The van der Waals surface area contributed by atoms with E-state index in [1.165, 1.54) is 6.92 Å². The lowest BCUT2D eigenvalue weighted by Crippen LogP contribution is -2.39. The molecule has 0 aromatic heterocycles. The SMILES string of the molecule is CC(=O)N(CCNC(=O)C(C)C)c1ccc(C)cc1Br. The summed E-state index contributed by atoms with van der Waals surface area (Å²) in [5, 5.41) is 2.82. The van der Waals surface area contributed by atoms with Gasteiger partial charge in [-0.3, -0.25) is 9.59 Å². The zero-order valence-electron chi connectivity index (χ0n) is 12.4. The second-order valence-corrected chi connectivity index (χ2v) is 5.93. The first-order valence-corrected chi connectivity index (χ1v) is 7.44. The van der Waals surface area contributed by atoms with E-state index in [2.05, 4.69) is 21.2 Å². The topological polar surface area (TPSA) is 49.4 Å². The van der Waals surface area contributed by atoms with E-state index in [0.29, 0.717) is 13.1 Å². The zero-order chi connectivity index (χ0) is 15.3. The lowest BCUT2D eigenvalue weighted by Gasteiger charge is -2.23. The van der Waals surface area contributed by atoms with Gasteiger partial charge in [0.2, 0.25) is 11.8 Å². The summed E-state index contributed by atoms with van der Waals surface area (Å²) in [6.45, 7) is 8.10. The molecule has 1 aromatic rings. The minimum atomic E-state index is -0.0492. The van der Waals surface area contributed by atoms with Crippen molar-refractivity contribution in [1.29, 1.82) is 0 Å². The number of benzene rings is 1. The summed E-state index contributed by atoms with van der Waals surface area (Å²) in [5.74, 6) is -0.100. The number of carbonyl (C=O) groups is 2. The van der Waals surface area contributed by atoms with Crippen molar-refractivity contribution < 1.29 is 9.59 Å². The fourth-order valence-corrected chi connectivity index (χ4v) is 2.48. The van der Waals surface area contributed by atoms with Crippen LogP contribution in [0.5, 0.6) is 0 Å². The highest BCUT2D eigenvalue weighted by molar-refractivity contribution is 9.10. The Kier molecular flexibility index (Phi) is 6.20. The molecule has 0 heterocycles. The first-order valence-electron chi connectivity index (χ1n) is 6.65. The van der Waals surface area contributed by atoms with Crippen LogP contribution in [-0.2, 0) is 9.59 Å². The normalized spacial score (nSPS) is 10.5. The van der Waals surface area contributed by atoms with Crippen LogP contribution in [0, 0.1) is 12.8 Å². The molecule has 1 rings (SSSR count). The Morgan fingerprint density at radius 3 is 2.50 bits per heavy atom. The number of hydrogen-bond donors (Lipinski definition) is 1. The van der Waals surface area contributed by atoms with Crippen molar-refractivity contribution >= 4 is 33.4 Å². The molecule has 0 aliphatic rings. The highest BCUT2D eigenvalue weighted by atomic mass is 79.9.